The molecule has 2 aliphatic heterocycles. The summed E-state index contributed by atoms with van der Waals surface area (Å²) in [5.41, 5.74) is 6.69. The summed E-state index contributed by atoms with van der Waals surface area (Å²) in [5, 5.41) is 0.495. The molecule has 1 unspecified atom stereocenters. The number of hydrogen-bond acceptors (Lipinski definition) is 3. The number of nitrogens with zero attached hydrogens (tertiary/aromatic N) is 1. The number of rotatable bonds is 3. The van der Waals surface area contributed by atoms with Crippen molar-refractivity contribution in [1.29, 1.82) is 0 Å². The largest absolute Gasteiger partial charge is 0.486 e. The number of carbonyl (C=O) groups excluding carboxylic acids is 2. The van der Waals surface area contributed by atoms with Gasteiger partial charge in [0.2, 0.25) is 0 Å². The number of fused-ring (bicyclic) bond motifs is 2. The lowest BCUT2D eigenvalue weighted by atomic mass is 9.78. The molecule has 0 radical (unpaired) electrons. The fourth-order valence-electron chi connectivity index (χ4n) is 5.69. The maximum Gasteiger partial charge on any atom is 0.266 e. The number of anilines is 1. The van der Waals surface area contributed by atoms with Gasteiger partial charge < -0.3 is 4.74 Å². The molecule has 0 saturated heterocycles. The van der Waals surface area contributed by atoms with Gasteiger partial charge in [-0.1, -0.05) is 61.3 Å². The molecule has 2 aliphatic rings. The molecule has 3 aromatic carbocycles. The van der Waals surface area contributed by atoms with Gasteiger partial charge in [-0.05, 0) is 80.5 Å². The number of amides is 2. The average molecular weight is 522 g/mol. The first kappa shape index (κ1) is 24.9. The van der Waals surface area contributed by atoms with Gasteiger partial charge in [0.15, 0.2) is 0 Å². The fourth-order valence-corrected chi connectivity index (χ4v) is 6.02. The number of hydrogen-bond donors (Lipinski definition) is 0. The highest BCUT2D eigenvalue weighted by Crippen LogP contribution is 2.54. The van der Waals surface area contributed by atoms with Gasteiger partial charge in [0.05, 0.1) is 32.8 Å². The monoisotopic (exact) mass is 521 g/mol. The molecule has 3 aromatic rings. The van der Waals surface area contributed by atoms with E-state index in [0.29, 0.717) is 11.6 Å². The van der Waals surface area contributed by atoms with Crippen molar-refractivity contribution < 1.29 is 14.3 Å². The Balaban J connectivity index is 1.71. The maximum absolute atomic E-state index is 13.5. The lowest BCUT2D eigenvalue weighted by Crippen LogP contribution is -2.32. The summed E-state index contributed by atoms with van der Waals surface area (Å²) in [6.45, 7) is 14.4. The van der Waals surface area contributed by atoms with E-state index in [1.54, 1.807) is 0 Å². The van der Waals surface area contributed by atoms with Crippen LogP contribution in [0, 0.1) is 20.8 Å². The Bertz CT molecular complexity index is 1410. The van der Waals surface area contributed by atoms with Crippen LogP contribution in [-0.2, 0) is 0 Å². The highest BCUT2D eigenvalue weighted by atomic mass is 35.5. The van der Waals surface area contributed by atoms with Crippen LogP contribution in [0.3, 0.4) is 0 Å². The molecule has 6 heteroatoms. The third kappa shape index (κ3) is 3.49. The van der Waals surface area contributed by atoms with Crippen molar-refractivity contribution in [2.45, 2.75) is 65.9 Å². The zero-order valence-electron chi connectivity index (χ0n) is 21.5. The Morgan fingerprint density at radius 2 is 1.39 bits per heavy atom. The topological polar surface area (TPSA) is 46.6 Å². The molecule has 0 bridgehead atoms. The minimum absolute atomic E-state index is 0.0640. The molecule has 5 rings (SSSR count). The Labute approximate surface area is 222 Å². The van der Waals surface area contributed by atoms with Gasteiger partial charge in [0, 0.05) is 5.56 Å². The van der Waals surface area contributed by atoms with Crippen molar-refractivity contribution in [2.75, 3.05) is 4.90 Å². The minimum Gasteiger partial charge on any atom is -0.486 e. The lowest BCUT2D eigenvalue weighted by molar-refractivity contribution is 0.0925. The molecule has 186 valence electrons. The fraction of sp³-hybridized carbons (Fsp3) is 0.333. The van der Waals surface area contributed by atoms with E-state index >= 15 is 0 Å². The molecular weight excluding hydrogens is 493 g/mol. The number of ether oxygens (including phenoxy) is 1. The molecule has 0 aliphatic carbocycles. The van der Waals surface area contributed by atoms with Crippen molar-refractivity contribution in [1.82, 2.24) is 0 Å². The second-order valence-electron chi connectivity index (χ2n) is 10.7. The molecule has 0 saturated carbocycles. The van der Waals surface area contributed by atoms with Crippen LogP contribution in [0.1, 0.15) is 93.6 Å². The van der Waals surface area contributed by atoms with Gasteiger partial charge in [-0.2, -0.15) is 0 Å². The van der Waals surface area contributed by atoms with Gasteiger partial charge in [0.1, 0.15) is 11.4 Å². The van der Waals surface area contributed by atoms with E-state index < -0.39 is 17.4 Å². The standard InChI is InChI=1S/C30H29Cl2NO3/c1-14(2)18-8-10-19(11-9-18)25-24-17(5)26(15(3)16(4)27(24)36-30(25,6)7)33-28(34)20-12-22(31)23(32)13-21(20)29(33)35/h8-14,25H,1-7H3. The molecule has 1 atom stereocenters. The molecule has 0 spiro atoms. The highest BCUT2D eigenvalue weighted by Gasteiger charge is 2.47. The smallest absolute Gasteiger partial charge is 0.266 e. The summed E-state index contributed by atoms with van der Waals surface area (Å²) in [4.78, 5) is 28.4. The van der Waals surface area contributed by atoms with Crippen molar-refractivity contribution in [3.63, 3.8) is 0 Å². The van der Waals surface area contributed by atoms with E-state index in [9.17, 15) is 9.59 Å². The van der Waals surface area contributed by atoms with Crippen molar-refractivity contribution >= 4 is 40.7 Å². The number of imide groups is 1. The molecular formula is C30H29Cl2NO3. The van der Waals surface area contributed by atoms with Crippen LogP contribution in [0.15, 0.2) is 36.4 Å². The lowest BCUT2D eigenvalue weighted by Gasteiger charge is -2.28. The van der Waals surface area contributed by atoms with Crippen LogP contribution in [-0.4, -0.2) is 17.4 Å². The molecule has 2 heterocycles. The Morgan fingerprint density at radius 1 is 0.861 bits per heavy atom. The molecule has 0 fully saturated rings. The number of benzene rings is 3. The summed E-state index contributed by atoms with van der Waals surface area (Å²) in [7, 11) is 0. The third-order valence-corrected chi connectivity index (χ3v) is 8.42. The minimum atomic E-state index is -0.509. The quantitative estimate of drug-likeness (QED) is 0.326. The number of carbonyl (C=O) groups is 2. The van der Waals surface area contributed by atoms with E-state index in [2.05, 4.69) is 52.0 Å². The predicted octanol–water partition coefficient (Wildman–Crippen LogP) is 8.15. The summed E-state index contributed by atoms with van der Waals surface area (Å²) in [6.07, 6.45) is 0. The van der Waals surface area contributed by atoms with Crippen molar-refractivity contribution in [3.05, 3.63) is 91.0 Å². The highest BCUT2D eigenvalue weighted by molar-refractivity contribution is 6.44. The summed E-state index contributed by atoms with van der Waals surface area (Å²) < 4.78 is 6.57. The van der Waals surface area contributed by atoms with Gasteiger partial charge in [-0.3, -0.25) is 9.59 Å². The van der Waals surface area contributed by atoms with Crippen LogP contribution >= 0.6 is 23.2 Å². The van der Waals surface area contributed by atoms with E-state index in [1.807, 2.05) is 20.8 Å². The van der Waals surface area contributed by atoms with E-state index in [1.165, 1.54) is 22.6 Å². The van der Waals surface area contributed by atoms with Gasteiger partial charge in [0.25, 0.3) is 11.8 Å². The molecule has 4 nitrogen and oxygen atoms in total. The Hall–Kier alpha value is -2.82. The van der Waals surface area contributed by atoms with E-state index in [0.717, 1.165) is 33.6 Å². The first-order chi connectivity index (χ1) is 16.8. The molecule has 36 heavy (non-hydrogen) atoms. The maximum atomic E-state index is 13.5. The summed E-state index contributed by atoms with van der Waals surface area (Å²) >= 11 is 12.4. The zero-order chi connectivity index (χ0) is 26.3. The average Bonchev–Trinajstić information content (AvgIpc) is 3.23. The van der Waals surface area contributed by atoms with Crippen LogP contribution < -0.4 is 9.64 Å². The second-order valence-corrected chi connectivity index (χ2v) is 11.5. The van der Waals surface area contributed by atoms with Gasteiger partial charge in [-0.15, -0.1) is 0 Å². The van der Waals surface area contributed by atoms with E-state index in [-0.39, 0.29) is 27.1 Å². The number of halogens is 2. The van der Waals surface area contributed by atoms with Crippen LogP contribution in [0.5, 0.6) is 5.75 Å². The molecule has 0 N–H and O–H groups in total. The van der Waals surface area contributed by atoms with Crippen LogP contribution in [0.25, 0.3) is 0 Å². The van der Waals surface area contributed by atoms with Crippen LogP contribution in [0.2, 0.25) is 10.0 Å². The van der Waals surface area contributed by atoms with Crippen molar-refractivity contribution in [2.24, 2.45) is 0 Å². The Kier molecular flexibility index (Phi) is 5.77. The first-order valence-electron chi connectivity index (χ1n) is 12.2. The zero-order valence-corrected chi connectivity index (χ0v) is 23.1. The Morgan fingerprint density at radius 3 is 1.89 bits per heavy atom. The molecule has 0 aromatic heterocycles. The predicted molar refractivity (Wildman–Crippen MR) is 145 cm³/mol. The van der Waals surface area contributed by atoms with Gasteiger partial charge >= 0.3 is 0 Å². The normalized spacial score (nSPS) is 18.1. The van der Waals surface area contributed by atoms with Crippen molar-refractivity contribution in [3.8, 4) is 5.75 Å². The second kappa shape index (κ2) is 8.36. The van der Waals surface area contributed by atoms with Crippen LogP contribution in [0.4, 0.5) is 5.69 Å². The summed E-state index contributed by atoms with van der Waals surface area (Å²) in [6, 6.07) is 11.6. The molecule has 2 amide bonds. The first-order valence-corrected chi connectivity index (χ1v) is 12.9. The SMILES string of the molecule is Cc1c(C)c(N2C(=O)c3cc(Cl)c(Cl)cc3C2=O)c(C)c2c1OC(C)(C)C2c1ccc(C(C)C)cc1. The summed E-state index contributed by atoms with van der Waals surface area (Å²) in [5.74, 6) is 0.420. The van der Waals surface area contributed by atoms with E-state index in [4.69, 9.17) is 27.9 Å². The van der Waals surface area contributed by atoms with Gasteiger partial charge in [-0.25, -0.2) is 4.90 Å². The third-order valence-electron chi connectivity index (χ3n) is 7.70.